The lowest BCUT2D eigenvalue weighted by molar-refractivity contribution is -0.122. The summed E-state index contributed by atoms with van der Waals surface area (Å²) in [5, 5.41) is 5.58. The molecular weight excluding hydrogens is 304 g/mol. The molecule has 1 atom stereocenters. The minimum Gasteiger partial charge on any atom is -0.489 e. The molecule has 1 fully saturated rings. The molecule has 5 nitrogen and oxygen atoms in total. The number of benzene rings is 2. The fourth-order valence-electron chi connectivity index (χ4n) is 2.68. The maximum atomic E-state index is 12.2. The first-order chi connectivity index (χ1) is 11.6. The number of carbonyl (C=O) groups is 2. The van der Waals surface area contributed by atoms with Gasteiger partial charge in [0.25, 0.3) is 0 Å². The predicted molar refractivity (Wildman–Crippen MR) is 91.7 cm³/mol. The van der Waals surface area contributed by atoms with E-state index in [-0.39, 0.29) is 11.8 Å². The van der Waals surface area contributed by atoms with Crippen molar-refractivity contribution in [2.75, 3.05) is 5.32 Å². The maximum Gasteiger partial charge on any atom is 0.246 e. The summed E-state index contributed by atoms with van der Waals surface area (Å²) in [6, 6.07) is 14.9. The number of anilines is 1. The molecule has 0 spiro atoms. The number of para-hydroxylation sites is 1. The Morgan fingerprint density at radius 3 is 2.71 bits per heavy atom. The van der Waals surface area contributed by atoms with Crippen LogP contribution in [-0.4, -0.2) is 17.9 Å². The van der Waals surface area contributed by atoms with Crippen LogP contribution in [0.4, 0.5) is 5.69 Å². The second-order valence-electron chi connectivity index (χ2n) is 5.84. The van der Waals surface area contributed by atoms with E-state index < -0.39 is 6.04 Å². The standard InChI is InChI=1S/C19H20N2O3/c1-13-14(12-24-15-7-3-2-4-8-15)6-5-9-16(13)21-19(23)17-10-11-18(22)20-17/h2-9,17H,10-12H2,1H3,(H,20,22)(H,21,23)/t17-/m0/s1. The van der Waals surface area contributed by atoms with Gasteiger partial charge in [0.2, 0.25) is 11.8 Å². The summed E-state index contributed by atoms with van der Waals surface area (Å²) in [6.45, 7) is 2.38. The van der Waals surface area contributed by atoms with Crippen LogP contribution >= 0.6 is 0 Å². The van der Waals surface area contributed by atoms with E-state index in [4.69, 9.17) is 4.74 Å². The van der Waals surface area contributed by atoms with E-state index in [2.05, 4.69) is 10.6 Å². The van der Waals surface area contributed by atoms with Crippen molar-refractivity contribution in [2.24, 2.45) is 0 Å². The van der Waals surface area contributed by atoms with Crippen LogP contribution in [0.1, 0.15) is 24.0 Å². The molecule has 2 aromatic rings. The van der Waals surface area contributed by atoms with Gasteiger partial charge in [-0.25, -0.2) is 0 Å². The molecule has 3 rings (SSSR count). The van der Waals surface area contributed by atoms with Gasteiger partial charge in [0.1, 0.15) is 18.4 Å². The Bertz CT molecular complexity index is 744. The monoisotopic (exact) mass is 324 g/mol. The molecule has 1 heterocycles. The van der Waals surface area contributed by atoms with Gasteiger partial charge in [-0.15, -0.1) is 0 Å². The topological polar surface area (TPSA) is 67.4 Å². The van der Waals surface area contributed by atoms with E-state index in [9.17, 15) is 9.59 Å². The Morgan fingerprint density at radius 2 is 2.00 bits per heavy atom. The molecule has 5 heteroatoms. The lowest BCUT2D eigenvalue weighted by Crippen LogP contribution is -2.37. The van der Waals surface area contributed by atoms with E-state index in [1.165, 1.54) is 0 Å². The van der Waals surface area contributed by atoms with Crippen molar-refractivity contribution in [1.29, 1.82) is 0 Å². The van der Waals surface area contributed by atoms with Crippen molar-refractivity contribution in [2.45, 2.75) is 32.4 Å². The van der Waals surface area contributed by atoms with Gasteiger partial charge in [-0.3, -0.25) is 9.59 Å². The molecule has 124 valence electrons. The molecular formula is C19H20N2O3. The zero-order valence-electron chi connectivity index (χ0n) is 13.5. The first-order valence-corrected chi connectivity index (χ1v) is 8.00. The Balaban J connectivity index is 1.66. The molecule has 2 amide bonds. The van der Waals surface area contributed by atoms with Crippen LogP contribution in [0.25, 0.3) is 0 Å². The molecule has 0 bridgehead atoms. The van der Waals surface area contributed by atoms with Crippen LogP contribution in [0.3, 0.4) is 0 Å². The number of nitrogens with one attached hydrogen (secondary N) is 2. The smallest absolute Gasteiger partial charge is 0.246 e. The van der Waals surface area contributed by atoms with Crippen molar-refractivity contribution in [3.05, 3.63) is 59.7 Å². The summed E-state index contributed by atoms with van der Waals surface area (Å²) in [5.74, 6) is 0.557. The molecule has 0 radical (unpaired) electrons. The molecule has 0 aromatic heterocycles. The van der Waals surface area contributed by atoms with Gasteiger partial charge in [-0.05, 0) is 42.7 Å². The summed E-state index contributed by atoms with van der Waals surface area (Å²) in [7, 11) is 0. The fraction of sp³-hybridized carbons (Fsp3) is 0.263. The van der Waals surface area contributed by atoms with Crippen molar-refractivity contribution in [3.8, 4) is 5.75 Å². The molecule has 2 N–H and O–H groups in total. The van der Waals surface area contributed by atoms with Crippen molar-refractivity contribution in [1.82, 2.24) is 5.32 Å². The van der Waals surface area contributed by atoms with Crippen molar-refractivity contribution in [3.63, 3.8) is 0 Å². The van der Waals surface area contributed by atoms with Gasteiger partial charge in [-0.1, -0.05) is 30.3 Å². The Kier molecular flexibility index (Phi) is 4.79. The zero-order chi connectivity index (χ0) is 16.9. The van der Waals surface area contributed by atoms with E-state index in [1.807, 2.05) is 55.5 Å². The summed E-state index contributed by atoms with van der Waals surface area (Å²) in [6.07, 6.45) is 0.947. The highest BCUT2D eigenvalue weighted by Crippen LogP contribution is 2.22. The Hall–Kier alpha value is -2.82. The van der Waals surface area contributed by atoms with E-state index >= 15 is 0 Å². The van der Waals surface area contributed by atoms with Crippen LogP contribution in [0.2, 0.25) is 0 Å². The average molecular weight is 324 g/mol. The molecule has 0 unspecified atom stereocenters. The van der Waals surface area contributed by atoms with Crippen LogP contribution < -0.4 is 15.4 Å². The highest BCUT2D eigenvalue weighted by molar-refractivity contribution is 5.99. The normalized spacial score (nSPS) is 16.5. The van der Waals surface area contributed by atoms with Crippen LogP contribution in [0.15, 0.2) is 48.5 Å². The molecule has 1 aliphatic rings. The molecule has 0 saturated carbocycles. The largest absolute Gasteiger partial charge is 0.489 e. The fourth-order valence-corrected chi connectivity index (χ4v) is 2.68. The third kappa shape index (κ3) is 3.74. The van der Waals surface area contributed by atoms with E-state index in [0.29, 0.717) is 19.4 Å². The van der Waals surface area contributed by atoms with Crippen LogP contribution in [0.5, 0.6) is 5.75 Å². The quantitative estimate of drug-likeness (QED) is 0.889. The average Bonchev–Trinajstić information content (AvgIpc) is 3.03. The first-order valence-electron chi connectivity index (χ1n) is 8.00. The second-order valence-corrected chi connectivity index (χ2v) is 5.84. The predicted octanol–water partition coefficient (Wildman–Crippen LogP) is 2.79. The summed E-state index contributed by atoms with van der Waals surface area (Å²) < 4.78 is 5.78. The van der Waals surface area contributed by atoms with E-state index in [1.54, 1.807) is 0 Å². The number of carbonyl (C=O) groups excluding carboxylic acids is 2. The molecule has 24 heavy (non-hydrogen) atoms. The molecule has 1 aliphatic heterocycles. The highest BCUT2D eigenvalue weighted by atomic mass is 16.5. The Labute approximate surface area is 141 Å². The summed E-state index contributed by atoms with van der Waals surface area (Å²) in [5.41, 5.74) is 2.72. The van der Waals surface area contributed by atoms with Gasteiger partial charge in [0.05, 0.1) is 0 Å². The van der Waals surface area contributed by atoms with Crippen LogP contribution in [0, 0.1) is 6.92 Å². The number of amides is 2. The number of ether oxygens (including phenoxy) is 1. The lowest BCUT2D eigenvalue weighted by atomic mass is 10.1. The molecule has 2 aromatic carbocycles. The minimum atomic E-state index is -0.443. The van der Waals surface area contributed by atoms with Crippen molar-refractivity contribution >= 4 is 17.5 Å². The summed E-state index contributed by atoms with van der Waals surface area (Å²) in [4.78, 5) is 23.5. The number of rotatable bonds is 5. The minimum absolute atomic E-state index is 0.0723. The number of hydrogen-bond acceptors (Lipinski definition) is 3. The number of hydrogen-bond donors (Lipinski definition) is 2. The maximum absolute atomic E-state index is 12.2. The van der Waals surface area contributed by atoms with Gasteiger partial charge < -0.3 is 15.4 Å². The zero-order valence-corrected chi connectivity index (χ0v) is 13.5. The van der Waals surface area contributed by atoms with Gasteiger partial charge in [0.15, 0.2) is 0 Å². The first kappa shape index (κ1) is 16.1. The molecule has 0 aliphatic carbocycles. The molecule has 1 saturated heterocycles. The highest BCUT2D eigenvalue weighted by Gasteiger charge is 2.27. The third-order valence-electron chi connectivity index (χ3n) is 4.15. The lowest BCUT2D eigenvalue weighted by Gasteiger charge is -2.15. The van der Waals surface area contributed by atoms with Gasteiger partial charge in [-0.2, -0.15) is 0 Å². The van der Waals surface area contributed by atoms with Crippen LogP contribution in [-0.2, 0) is 16.2 Å². The van der Waals surface area contributed by atoms with E-state index in [0.717, 1.165) is 22.6 Å². The second kappa shape index (κ2) is 7.17. The van der Waals surface area contributed by atoms with Gasteiger partial charge >= 0.3 is 0 Å². The van der Waals surface area contributed by atoms with Crippen molar-refractivity contribution < 1.29 is 14.3 Å². The summed E-state index contributed by atoms with van der Waals surface area (Å²) >= 11 is 0. The van der Waals surface area contributed by atoms with Gasteiger partial charge in [0, 0.05) is 12.1 Å². The Morgan fingerprint density at radius 1 is 1.21 bits per heavy atom. The third-order valence-corrected chi connectivity index (χ3v) is 4.15. The SMILES string of the molecule is Cc1c(COc2ccccc2)cccc1NC(=O)[C@@H]1CCC(=O)N1.